The lowest BCUT2D eigenvalue weighted by molar-refractivity contribution is 1.18. The molecule has 46 heavy (non-hydrogen) atoms. The van der Waals surface area contributed by atoms with Crippen LogP contribution in [0.4, 0.5) is 0 Å². The Morgan fingerprint density at radius 3 is 1.85 bits per heavy atom. The van der Waals surface area contributed by atoms with E-state index in [0.29, 0.717) is 5.82 Å². The second-order valence-electron chi connectivity index (χ2n) is 11.3. The summed E-state index contributed by atoms with van der Waals surface area (Å²) in [5, 5.41) is 2.33. The maximum absolute atomic E-state index is 5.03. The molecular formula is C40H25N5S. The van der Waals surface area contributed by atoms with E-state index in [1.54, 1.807) is 0 Å². The predicted octanol–water partition coefficient (Wildman–Crippen LogP) is 10.2. The van der Waals surface area contributed by atoms with Crippen molar-refractivity contribution in [1.29, 1.82) is 0 Å². The van der Waals surface area contributed by atoms with Crippen LogP contribution in [0.1, 0.15) is 0 Å². The first-order valence-electron chi connectivity index (χ1n) is 15.2. The molecule has 3 aromatic heterocycles. The first-order valence-corrected chi connectivity index (χ1v) is 15.9. The second kappa shape index (κ2) is 10.9. The molecule has 0 fully saturated rings. The number of hydrogen-bond donors (Lipinski definition) is 0. The lowest BCUT2D eigenvalue weighted by atomic mass is 10.0. The summed E-state index contributed by atoms with van der Waals surface area (Å²) >= 11 is 1.26. The number of nitrogens with zero attached hydrogens (tertiary/aromatic N) is 5. The van der Waals surface area contributed by atoms with Crippen LogP contribution < -0.4 is 0 Å². The van der Waals surface area contributed by atoms with E-state index in [1.807, 2.05) is 36.4 Å². The summed E-state index contributed by atoms with van der Waals surface area (Å²) in [5.74, 6) is 0.701. The summed E-state index contributed by atoms with van der Waals surface area (Å²) in [6.07, 6.45) is 0. The first kappa shape index (κ1) is 26.4. The highest BCUT2D eigenvalue weighted by Crippen LogP contribution is 2.37. The molecule has 0 radical (unpaired) electrons. The summed E-state index contributed by atoms with van der Waals surface area (Å²) in [7, 11) is 0. The maximum atomic E-state index is 5.03. The number of aromatic nitrogens is 5. The Morgan fingerprint density at radius 2 is 1.11 bits per heavy atom. The second-order valence-corrected chi connectivity index (χ2v) is 11.8. The molecule has 0 spiro atoms. The van der Waals surface area contributed by atoms with Gasteiger partial charge in [0.1, 0.15) is 11.0 Å². The largest absolute Gasteiger partial charge is 0.309 e. The van der Waals surface area contributed by atoms with Crippen LogP contribution in [0.3, 0.4) is 0 Å². The Balaban J connectivity index is 1.13. The Kier molecular flexibility index (Phi) is 6.25. The van der Waals surface area contributed by atoms with Gasteiger partial charge in [0, 0.05) is 33.2 Å². The van der Waals surface area contributed by atoms with Crippen LogP contribution in [0.15, 0.2) is 152 Å². The van der Waals surface area contributed by atoms with Crippen LogP contribution in [0.25, 0.3) is 83.6 Å². The van der Waals surface area contributed by atoms with Crippen molar-refractivity contribution in [3.05, 3.63) is 152 Å². The zero-order valence-corrected chi connectivity index (χ0v) is 25.4. The van der Waals surface area contributed by atoms with E-state index in [1.165, 1.54) is 17.1 Å². The highest BCUT2D eigenvalue weighted by molar-refractivity contribution is 7.00. The molecule has 0 saturated heterocycles. The van der Waals surface area contributed by atoms with E-state index < -0.39 is 0 Å². The van der Waals surface area contributed by atoms with Crippen LogP contribution in [-0.4, -0.2) is 23.3 Å². The molecule has 0 aliphatic rings. The van der Waals surface area contributed by atoms with E-state index >= 15 is 0 Å². The summed E-state index contributed by atoms with van der Waals surface area (Å²) in [5.41, 5.74) is 12.4. The predicted molar refractivity (Wildman–Crippen MR) is 189 cm³/mol. The fourth-order valence-electron chi connectivity index (χ4n) is 6.31. The molecule has 3 heterocycles. The van der Waals surface area contributed by atoms with Crippen LogP contribution in [0.2, 0.25) is 0 Å². The van der Waals surface area contributed by atoms with Crippen LogP contribution in [0, 0.1) is 0 Å². The number of para-hydroxylation sites is 1. The molecular weight excluding hydrogens is 583 g/mol. The van der Waals surface area contributed by atoms with Gasteiger partial charge in [0.2, 0.25) is 0 Å². The first-order chi connectivity index (χ1) is 22.8. The minimum atomic E-state index is 0.701. The average molecular weight is 608 g/mol. The Labute approximate surface area is 269 Å². The van der Waals surface area contributed by atoms with Gasteiger partial charge in [-0.25, -0.2) is 9.97 Å². The maximum Gasteiger partial charge on any atom is 0.160 e. The number of hydrogen-bond acceptors (Lipinski definition) is 5. The lowest BCUT2D eigenvalue weighted by Gasteiger charge is -2.11. The zero-order valence-electron chi connectivity index (χ0n) is 24.6. The van der Waals surface area contributed by atoms with Gasteiger partial charge in [0.25, 0.3) is 0 Å². The molecule has 6 aromatic carbocycles. The van der Waals surface area contributed by atoms with Crippen molar-refractivity contribution in [2.45, 2.75) is 0 Å². The van der Waals surface area contributed by atoms with Gasteiger partial charge in [0.15, 0.2) is 5.82 Å². The van der Waals surface area contributed by atoms with Gasteiger partial charge in [-0.15, -0.1) is 0 Å². The molecule has 0 aliphatic carbocycles. The molecule has 0 bridgehead atoms. The van der Waals surface area contributed by atoms with E-state index in [4.69, 9.17) is 9.97 Å². The van der Waals surface area contributed by atoms with E-state index in [2.05, 4.69) is 129 Å². The molecule has 0 N–H and O–H groups in total. The van der Waals surface area contributed by atoms with Crippen molar-refractivity contribution < 1.29 is 0 Å². The highest BCUT2D eigenvalue weighted by atomic mass is 32.1. The van der Waals surface area contributed by atoms with Gasteiger partial charge in [-0.2, -0.15) is 8.75 Å². The van der Waals surface area contributed by atoms with Gasteiger partial charge >= 0.3 is 0 Å². The molecule has 6 heteroatoms. The van der Waals surface area contributed by atoms with Crippen molar-refractivity contribution in [3.63, 3.8) is 0 Å². The summed E-state index contributed by atoms with van der Waals surface area (Å²) in [4.78, 5) is 10.1. The number of rotatable bonds is 5. The fraction of sp³-hybridized carbons (Fsp3) is 0. The molecule has 0 aliphatic heterocycles. The van der Waals surface area contributed by atoms with E-state index in [-0.39, 0.29) is 0 Å². The van der Waals surface area contributed by atoms with Gasteiger partial charge < -0.3 is 4.57 Å². The zero-order chi connectivity index (χ0) is 30.5. The number of fused-ring (bicyclic) bond motifs is 5. The smallest absolute Gasteiger partial charge is 0.160 e. The third-order valence-electron chi connectivity index (χ3n) is 8.51. The molecule has 5 nitrogen and oxygen atoms in total. The summed E-state index contributed by atoms with van der Waals surface area (Å²) in [6, 6.07) is 52.6. The Bertz CT molecular complexity index is 2460. The molecule has 0 unspecified atom stereocenters. The van der Waals surface area contributed by atoms with Crippen LogP contribution in [0.5, 0.6) is 0 Å². The van der Waals surface area contributed by atoms with Gasteiger partial charge in [-0.1, -0.05) is 109 Å². The standard InChI is InChI=1S/C40H25N5S/c1-3-10-27(11-4-1)34-25-35(28-12-5-2-6-13-28)42-40(41-34)30-15-9-14-29(24-30)26-18-20-31(21-19-26)45-36-17-8-7-16-32(36)38-37(45)23-22-33-39(38)44-46-43-33/h1-25H. The van der Waals surface area contributed by atoms with Gasteiger partial charge in [0.05, 0.1) is 34.1 Å². The van der Waals surface area contributed by atoms with Crippen molar-refractivity contribution in [2.75, 3.05) is 0 Å². The highest BCUT2D eigenvalue weighted by Gasteiger charge is 2.17. The van der Waals surface area contributed by atoms with Crippen LogP contribution in [-0.2, 0) is 0 Å². The normalized spacial score (nSPS) is 11.5. The van der Waals surface area contributed by atoms with E-state index in [0.717, 1.165) is 72.3 Å². The topological polar surface area (TPSA) is 56.5 Å². The monoisotopic (exact) mass is 607 g/mol. The van der Waals surface area contributed by atoms with Crippen molar-refractivity contribution in [3.8, 4) is 50.7 Å². The third-order valence-corrected chi connectivity index (χ3v) is 9.05. The lowest BCUT2D eigenvalue weighted by Crippen LogP contribution is -1.96. The third kappa shape index (κ3) is 4.47. The Hall–Kier alpha value is -5.98. The fourth-order valence-corrected chi connectivity index (χ4v) is 6.85. The molecule has 0 amide bonds. The average Bonchev–Trinajstić information content (AvgIpc) is 3.75. The van der Waals surface area contributed by atoms with Crippen molar-refractivity contribution >= 4 is 44.6 Å². The minimum absolute atomic E-state index is 0.701. The van der Waals surface area contributed by atoms with Gasteiger partial charge in [-0.05, 0) is 53.6 Å². The van der Waals surface area contributed by atoms with E-state index in [9.17, 15) is 0 Å². The molecule has 0 saturated carbocycles. The molecule has 216 valence electrons. The van der Waals surface area contributed by atoms with Crippen LogP contribution >= 0.6 is 11.7 Å². The van der Waals surface area contributed by atoms with Crippen molar-refractivity contribution in [1.82, 2.24) is 23.3 Å². The van der Waals surface area contributed by atoms with Gasteiger partial charge in [-0.3, -0.25) is 0 Å². The van der Waals surface area contributed by atoms with Crippen molar-refractivity contribution in [2.24, 2.45) is 0 Å². The SMILES string of the molecule is c1ccc(-c2cc(-c3ccccc3)nc(-c3cccc(-c4ccc(-n5c6ccccc6c6c7nsnc7ccc65)cc4)c3)n2)cc1. The number of benzene rings is 6. The molecule has 0 atom stereocenters. The summed E-state index contributed by atoms with van der Waals surface area (Å²) < 4.78 is 11.4. The Morgan fingerprint density at radius 1 is 0.457 bits per heavy atom. The molecule has 9 aromatic rings. The quantitative estimate of drug-likeness (QED) is 0.195. The minimum Gasteiger partial charge on any atom is -0.309 e. The summed E-state index contributed by atoms with van der Waals surface area (Å²) in [6.45, 7) is 0. The molecule has 9 rings (SSSR count).